The molecule has 7 nitrogen and oxygen atoms in total. The van der Waals surface area contributed by atoms with E-state index < -0.39 is 11.6 Å². The Hall–Kier alpha value is -3.11. The molecule has 4 aromatic rings. The molecule has 0 saturated carbocycles. The van der Waals surface area contributed by atoms with Crippen LogP contribution in [0, 0.1) is 11.6 Å². The number of hydrogen-bond donors (Lipinski definition) is 0. The van der Waals surface area contributed by atoms with Crippen LogP contribution in [0.25, 0.3) is 21.0 Å². The number of ether oxygens (including phenoxy) is 2. The van der Waals surface area contributed by atoms with Crippen molar-refractivity contribution in [3.8, 4) is 22.3 Å². The van der Waals surface area contributed by atoms with Gasteiger partial charge in [0.25, 0.3) is 0 Å². The molecule has 2 aromatic heterocycles. The van der Waals surface area contributed by atoms with Crippen molar-refractivity contribution >= 4 is 21.6 Å². The average Bonchev–Trinajstić information content (AvgIpc) is 3.37. The number of rotatable bonds is 5. The van der Waals surface area contributed by atoms with Crippen LogP contribution in [0.4, 0.5) is 8.78 Å². The van der Waals surface area contributed by atoms with E-state index in [1.54, 1.807) is 14.2 Å². The number of thiazole rings is 1. The minimum atomic E-state index is -0.905. The molecule has 0 bridgehead atoms. The third-order valence-electron chi connectivity index (χ3n) is 5.34. The summed E-state index contributed by atoms with van der Waals surface area (Å²) in [5, 5.41) is 9.25. The van der Waals surface area contributed by atoms with E-state index in [9.17, 15) is 8.78 Å². The number of hydrogen-bond acceptors (Lipinski definition) is 7. The second-order valence-corrected chi connectivity index (χ2v) is 8.26. The molecule has 3 heterocycles. The number of benzene rings is 2. The highest BCUT2D eigenvalue weighted by Crippen LogP contribution is 2.32. The van der Waals surface area contributed by atoms with Gasteiger partial charge >= 0.3 is 0 Å². The first-order valence-corrected chi connectivity index (χ1v) is 10.5. The third-order valence-corrected chi connectivity index (χ3v) is 6.36. The summed E-state index contributed by atoms with van der Waals surface area (Å²) in [5.74, 6) is 1.19. The minimum absolute atomic E-state index is 0.417. The van der Waals surface area contributed by atoms with Crippen LogP contribution in [0.2, 0.25) is 0 Å². The molecule has 0 N–H and O–H groups in total. The fourth-order valence-electron chi connectivity index (χ4n) is 3.74. The second-order valence-electron chi connectivity index (χ2n) is 7.23. The van der Waals surface area contributed by atoms with Gasteiger partial charge in [0, 0.05) is 37.3 Å². The molecule has 1 aliphatic heterocycles. The molecule has 2 aromatic carbocycles. The molecular formula is C21H19F2N5O2S. The molecule has 10 heteroatoms. The molecule has 0 spiro atoms. The van der Waals surface area contributed by atoms with Gasteiger partial charge in [0.1, 0.15) is 17.3 Å². The van der Waals surface area contributed by atoms with Gasteiger partial charge in [-0.3, -0.25) is 4.90 Å². The zero-order valence-corrected chi connectivity index (χ0v) is 17.7. The van der Waals surface area contributed by atoms with Gasteiger partial charge in [-0.1, -0.05) is 6.07 Å². The SMILES string of the molecule is COc1ccc(CN2CCn3c(nnc3-c3nc4cc(F)c(F)cc4s3)C2)c(OC)c1. The Bertz CT molecular complexity index is 1230. The first-order valence-electron chi connectivity index (χ1n) is 9.67. The highest BCUT2D eigenvalue weighted by molar-refractivity contribution is 7.21. The normalized spacial score (nSPS) is 14.1. The van der Waals surface area contributed by atoms with Crippen LogP contribution < -0.4 is 9.47 Å². The smallest absolute Gasteiger partial charge is 0.193 e. The van der Waals surface area contributed by atoms with E-state index in [0.29, 0.717) is 40.7 Å². The summed E-state index contributed by atoms with van der Waals surface area (Å²) in [5.41, 5.74) is 1.48. The Labute approximate surface area is 180 Å². The third kappa shape index (κ3) is 3.61. The van der Waals surface area contributed by atoms with Gasteiger partial charge in [0.15, 0.2) is 22.5 Å². The van der Waals surface area contributed by atoms with Crippen LogP contribution in [0.5, 0.6) is 11.5 Å². The molecule has 0 unspecified atom stereocenters. The molecule has 160 valence electrons. The van der Waals surface area contributed by atoms with Crippen molar-refractivity contribution in [2.24, 2.45) is 0 Å². The first-order chi connectivity index (χ1) is 15.1. The lowest BCUT2D eigenvalue weighted by molar-refractivity contribution is 0.207. The Morgan fingerprint density at radius 2 is 1.87 bits per heavy atom. The fourth-order valence-corrected chi connectivity index (χ4v) is 4.71. The Morgan fingerprint density at radius 1 is 1.03 bits per heavy atom. The van der Waals surface area contributed by atoms with Gasteiger partial charge < -0.3 is 14.0 Å². The molecule has 0 radical (unpaired) electrons. The maximum absolute atomic E-state index is 13.5. The maximum Gasteiger partial charge on any atom is 0.193 e. The molecule has 5 rings (SSSR count). The number of fused-ring (bicyclic) bond motifs is 2. The summed E-state index contributed by atoms with van der Waals surface area (Å²) in [4.78, 5) is 6.70. The van der Waals surface area contributed by atoms with E-state index in [2.05, 4.69) is 20.1 Å². The van der Waals surface area contributed by atoms with Gasteiger partial charge in [0.05, 0.1) is 31.0 Å². The highest BCUT2D eigenvalue weighted by Gasteiger charge is 2.24. The van der Waals surface area contributed by atoms with Crippen LogP contribution in [0.15, 0.2) is 30.3 Å². The van der Waals surface area contributed by atoms with Crippen molar-refractivity contribution in [3.63, 3.8) is 0 Å². The van der Waals surface area contributed by atoms with Crippen molar-refractivity contribution < 1.29 is 18.3 Å². The lowest BCUT2D eigenvalue weighted by Gasteiger charge is -2.28. The van der Waals surface area contributed by atoms with Crippen molar-refractivity contribution in [2.45, 2.75) is 19.6 Å². The van der Waals surface area contributed by atoms with Crippen LogP contribution in [-0.2, 0) is 19.6 Å². The predicted molar refractivity (Wildman–Crippen MR) is 112 cm³/mol. The van der Waals surface area contributed by atoms with E-state index in [4.69, 9.17) is 9.47 Å². The van der Waals surface area contributed by atoms with E-state index in [0.717, 1.165) is 35.5 Å². The van der Waals surface area contributed by atoms with Crippen LogP contribution in [0.1, 0.15) is 11.4 Å². The molecule has 0 amide bonds. The molecule has 0 atom stereocenters. The van der Waals surface area contributed by atoms with Crippen LogP contribution in [0.3, 0.4) is 0 Å². The predicted octanol–water partition coefficient (Wildman–Crippen LogP) is 3.87. The summed E-state index contributed by atoms with van der Waals surface area (Å²) in [6.07, 6.45) is 0. The molecule has 0 fully saturated rings. The summed E-state index contributed by atoms with van der Waals surface area (Å²) < 4.78 is 40.4. The first kappa shape index (κ1) is 19.8. The highest BCUT2D eigenvalue weighted by atomic mass is 32.1. The van der Waals surface area contributed by atoms with Gasteiger partial charge in [-0.05, 0) is 12.1 Å². The fraction of sp³-hybridized carbons (Fsp3) is 0.286. The number of nitrogens with zero attached hydrogens (tertiary/aromatic N) is 5. The maximum atomic E-state index is 13.5. The van der Waals surface area contributed by atoms with Crippen molar-refractivity contribution in [1.82, 2.24) is 24.6 Å². The van der Waals surface area contributed by atoms with Crippen molar-refractivity contribution in [1.29, 1.82) is 0 Å². The van der Waals surface area contributed by atoms with Crippen molar-refractivity contribution in [3.05, 3.63) is 53.4 Å². The molecule has 0 aliphatic carbocycles. The van der Waals surface area contributed by atoms with Crippen molar-refractivity contribution in [2.75, 3.05) is 20.8 Å². The minimum Gasteiger partial charge on any atom is -0.497 e. The summed E-state index contributed by atoms with van der Waals surface area (Å²) in [7, 11) is 3.27. The number of methoxy groups -OCH3 is 2. The Balaban J connectivity index is 1.38. The summed E-state index contributed by atoms with van der Waals surface area (Å²) in [6, 6.07) is 8.08. The zero-order chi connectivity index (χ0) is 21.5. The van der Waals surface area contributed by atoms with Gasteiger partial charge in [0.2, 0.25) is 0 Å². The average molecular weight is 443 g/mol. The van der Waals surface area contributed by atoms with E-state index in [-0.39, 0.29) is 0 Å². The Morgan fingerprint density at radius 3 is 2.68 bits per heavy atom. The van der Waals surface area contributed by atoms with Crippen LogP contribution >= 0.6 is 11.3 Å². The van der Waals surface area contributed by atoms with Gasteiger partial charge in [-0.2, -0.15) is 0 Å². The lowest BCUT2D eigenvalue weighted by atomic mass is 10.1. The van der Waals surface area contributed by atoms with Gasteiger partial charge in [-0.25, -0.2) is 13.8 Å². The molecular weight excluding hydrogens is 424 g/mol. The van der Waals surface area contributed by atoms with Crippen LogP contribution in [-0.4, -0.2) is 45.4 Å². The molecule has 1 aliphatic rings. The molecule has 0 saturated heterocycles. The van der Waals surface area contributed by atoms with E-state index in [1.807, 2.05) is 22.8 Å². The standard InChI is InChI=1S/C21H19F2N5O2S/c1-29-13-4-3-12(17(7-13)30-2)10-27-5-6-28-19(11-27)25-26-20(28)21-24-16-8-14(22)15(23)9-18(16)31-21/h3-4,7-9H,5-6,10-11H2,1-2H3. The quantitative estimate of drug-likeness (QED) is 0.467. The number of halogens is 2. The monoisotopic (exact) mass is 443 g/mol. The van der Waals surface area contributed by atoms with E-state index in [1.165, 1.54) is 17.4 Å². The Kier molecular flexibility index (Phi) is 5.03. The zero-order valence-electron chi connectivity index (χ0n) is 16.9. The van der Waals surface area contributed by atoms with E-state index >= 15 is 0 Å². The topological polar surface area (TPSA) is 65.3 Å². The second kappa shape index (κ2) is 7.86. The largest absolute Gasteiger partial charge is 0.497 e. The number of aromatic nitrogens is 4. The van der Waals surface area contributed by atoms with Gasteiger partial charge in [-0.15, -0.1) is 21.5 Å². The summed E-state index contributed by atoms with van der Waals surface area (Å²) in [6.45, 7) is 2.81. The molecule has 31 heavy (non-hydrogen) atoms. The summed E-state index contributed by atoms with van der Waals surface area (Å²) >= 11 is 1.28. The lowest BCUT2D eigenvalue weighted by Crippen LogP contribution is -2.33.